The second-order valence-electron chi connectivity index (χ2n) is 5.31. The summed E-state index contributed by atoms with van der Waals surface area (Å²) in [5, 5.41) is 5.92. The third-order valence-corrected chi connectivity index (χ3v) is 3.66. The van der Waals surface area contributed by atoms with Gasteiger partial charge in [-0.05, 0) is 41.8 Å². The van der Waals surface area contributed by atoms with Gasteiger partial charge in [-0.1, -0.05) is 35.9 Å². The van der Waals surface area contributed by atoms with Crippen LogP contribution in [0.2, 0.25) is 5.02 Å². The van der Waals surface area contributed by atoms with Gasteiger partial charge < -0.3 is 10.6 Å². The predicted octanol–water partition coefficient (Wildman–Crippen LogP) is 2.84. The Bertz CT molecular complexity index is 626. The van der Waals surface area contributed by atoms with Crippen LogP contribution < -0.4 is 10.6 Å². The molecule has 24 heavy (non-hydrogen) atoms. The van der Waals surface area contributed by atoms with Crippen molar-refractivity contribution in [2.45, 2.75) is 19.4 Å². The molecule has 0 bridgehead atoms. The fourth-order valence-corrected chi connectivity index (χ4v) is 2.17. The highest BCUT2D eigenvalue weighted by Crippen LogP contribution is 2.09. The molecule has 4 nitrogen and oxygen atoms in total. The molecule has 0 aliphatic rings. The largest absolute Gasteiger partial charge is 0.350 e. The van der Waals surface area contributed by atoms with E-state index in [9.17, 15) is 14.0 Å². The van der Waals surface area contributed by atoms with Crippen molar-refractivity contribution < 1.29 is 14.0 Å². The van der Waals surface area contributed by atoms with Crippen LogP contribution in [0, 0.1) is 5.82 Å². The number of carbonyl (C=O) groups excluding carboxylic acids is 2. The van der Waals surface area contributed by atoms with Gasteiger partial charge in [0.2, 0.25) is 11.8 Å². The number of carbonyl (C=O) groups is 2. The van der Waals surface area contributed by atoms with Crippen molar-refractivity contribution in [3.05, 3.63) is 70.5 Å². The van der Waals surface area contributed by atoms with E-state index in [4.69, 9.17) is 11.6 Å². The summed E-state index contributed by atoms with van der Waals surface area (Å²) >= 11 is 5.79. The summed E-state index contributed by atoms with van der Waals surface area (Å²) in [4.78, 5) is 23.4. The second-order valence-corrected chi connectivity index (χ2v) is 5.74. The second kappa shape index (κ2) is 9.03. The van der Waals surface area contributed by atoms with Crippen LogP contribution in [-0.2, 0) is 22.6 Å². The molecule has 0 saturated heterocycles. The number of halogens is 2. The predicted molar refractivity (Wildman–Crippen MR) is 91.0 cm³/mol. The van der Waals surface area contributed by atoms with Crippen molar-refractivity contribution in [2.75, 3.05) is 6.54 Å². The molecule has 0 atom stereocenters. The minimum absolute atomic E-state index is 0.0736. The van der Waals surface area contributed by atoms with E-state index < -0.39 is 0 Å². The fraction of sp³-hybridized carbons (Fsp3) is 0.222. The van der Waals surface area contributed by atoms with Crippen LogP contribution in [0.25, 0.3) is 0 Å². The molecule has 2 aromatic rings. The van der Waals surface area contributed by atoms with Crippen molar-refractivity contribution in [2.24, 2.45) is 0 Å². The van der Waals surface area contributed by atoms with E-state index in [1.807, 2.05) is 12.1 Å². The molecule has 0 unspecified atom stereocenters. The van der Waals surface area contributed by atoms with Gasteiger partial charge in [0.1, 0.15) is 5.82 Å². The maximum absolute atomic E-state index is 12.8. The molecule has 0 heterocycles. The summed E-state index contributed by atoms with van der Waals surface area (Å²) < 4.78 is 12.8. The molecule has 0 fully saturated rings. The van der Waals surface area contributed by atoms with Crippen LogP contribution >= 0.6 is 11.6 Å². The number of hydrogen-bond donors (Lipinski definition) is 2. The van der Waals surface area contributed by atoms with Crippen LogP contribution in [0.15, 0.2) is 48.5 Å². The minimum Gasteiger partial charge on any atom is -0.350 e. The van der Waals surface area contributed by atoms with Crippen LogP contribution in [0.4, 0.5) is 4.39 Å². The third kappa shape index (κ3) is 6.38. The van der Waals surface area contributed by atoms with Gasteiger partial charge >= 0.3 is 0 Å². The topological polar surface area (TPSA) is 58.2 Å². The maximum Gasteiger partial charge on any atom is 0.239 e. The van der Waals surface area contributed by atoms with E-state index in [1.54, 1.807) is 24.3 Å². The molecule has 126 valence electrons. The molecule has 2 N–H and O–H groups in total. The van der Waals surface area contributed by atoms with Gasteiger partial charge in [-0.2, -0.15) is 0 Å². The maximum atomic E-state index is 12.8. The number of nitrogens with one attached hydrogen (secondary N) is 2. The highest BCUT2D eigenvalue weighted by Gasteiger charge is 2.06. The Labute approximate surface area is 145 Å². The monoisotopic (exact) mass is 348 g/mol. The molecule has 2 amide bonds. The normalized spacial score (nSPS) is 10.2. The summed E-state index contributed by atoms with van der Waals surface area (Å²) in [5.74, 6) is -0.790. The fourth-order valence-electron chi connectivity index (χ4n) is 2.04. The molecule has 6 heteroatoms. The molecule has 0 aliphatic carbocycles. The van der Waals surface area contributed by atoms with E-state index in [0.717, 1.165) is 11.1 Å². The summed E-state index contributed by atoms with van der Waals surface area (Å²) in [6.07, 6.45) is 0.745. The Balaban J connectivity index is 1.64. The molecule has 0 aliphatic heterocycles. The van der Waals surface area contributed by atoms with E-state index in [1.165, 1.54) is 12.1 Å². The number of aryl methyl sites for hydroxylation is 1. The van der Waals surface area contributed by atoms with Crippen molar-refractivity contribution in [1.82, 2.24) is 10.6 Å². The number of rotatable bonds is 7. The van der Waals surface area contributed by atoms with Crippen LogP contribution in [0.1, 0.15) is 17.5 Å². The van der Waals surface area contributed by atoms with Gasteiger partial charge in [-0.15, -0.1) is 0 Å². The minimum atomic E-state index is -0.305. The van der Waals surface area contributed by atoms with Crippen molar-refractivity contribution in [3.8, 4) is 0 Å². The van der Waals surface area contributed by atoms with Gasteiger partial charge in [0.05, 0.1) is 6.54 Å². The molecule has 0 aromatic heterocycles. The molecule has 0 spiro atoms. The average molecular weight is 349 g/mol. The van der Waals surface area contributed by atoms with Gasteiger partial charge in [-0.3, -0.25) is 9.59 Å². The highest BCUT2D eigenvalue weighted by molar-refractivity contribution is 6.30. The van der Waals surface area contributed by atoms with E-state index in [2.05, 4.69) is 10.6 Å². The summed E-state index contributed by atoms with van der Waals surface area (Å²) in [6, 6.07) is 13.1. The quantitative estimate of drug-likeness (QED) is 0.808. The lowest BCUT2D eigenvalue weighted by atomic mass is 10.1. The molecule has 2 rings (SSSR count). The zero-order valence-corrected chi connectivity index (χ0v) is 13.8. The zero-order valence-electron chi connectivity index (χ0n) is 13.0. The number of benzene rings is 2. The SMILES string of the molecule is O=C(CCc1ccc(F)cc1)NCC(=O)NCc1ccc(Cl)cc1. The first-order valence-corrected chi connectivity index (χ1v) is 7.93. The lowest BCUT2D eigenvalue weighted by molar-refractivity contribution is -0.126. The summed E-state index contributed by atoms with van der Waals surface area (Å²) in [6.45, 7) is 0.303. The Morgan fingerprint density at radius 1 is 0.875 bits per heavy atom. The molecule has 2 aromatic carbocycles. The smallest absolute Gasteiger partial charge is 0.239 e. The summed E-state index contributed by atoms with van der Waals surface area (Å²) in [5.41, 5.74) is 1.80. The van der Waals surface area contributed by atoms with Gasteiger partial charge in [-0.25, -0.2) is 4.39 Å². The average Bonchev–Trinajstić information content (AvgIpc) is 2.59. The standard InChI is InChI=1S/C18H18ClFN2O2/c19-15-6-1-14(2-7-15)11-21-18(24)12-22-17(23)10-5-13-3-8-16(20)9-4-13/h1-4,6-9H,5,10-12H2,(H,21,24)(H,22,23). The molecular weight excluding hydrogens is 331 g/mol. The summed E-state index contributed by atoms with van der Waals surface area (Å²) in [7, 11) is 0. The van der Waals surface area contributed by atoms with Crippen molar-refractivity contribution >= 4 is 23.4 Å². The van der Waals surface area contributed by atoms with E-state index >= 15 is 0 Å². The Morgan fingerprint density at radius 3 is 2.17 bits per heavy atom. The first kappa shape index (κ1) is 17.9. The van der Waals surface area contributed by atoms with E-state index in [-0.39, 0.29) is 30.6 Å². The molecule has 0 saturated carbocycles. The Hall–Kier alpha value is -2.40. The Kier molecular flexibility index (Phi) is 6.75. The van der Waals surface area contributed by atoms with Crippen LogP contribution in [-0.4, -0.2) is 18.4 Å². The van der Waals surface area contributed by atoms with Gasteiger partial charge in [0.15, 0.2) is 0 Å². The van der Waals surface area contributed by atoms with Crippen LogP contribution in [0.5, 0.6) is 0 Å². The van der Waals surface area contributed by atoms with Crippen molar-refractivity contribution in [3.63, 3.8) is 0 Å². The first-order chi connectivity index (χ1) is 11.5. The first-order valence-electron chi connectivity index (χ1n) is 7.55. The van der Waals surface area contributed by atoms with Crippen LogP contribution in [0.3, 0.4) is 0 Å². The highest BCUT2D eigenvalue weighted by atomic mass is 35.5. The zero-order chi connectivity index (χ0) is 17.4. The lowest BCUT2D eigenvalue weighted by Crippen LogP contribution is -2.36. The molecular formula is C18H18ClFN2O2. The lowest BCUT2D eigenvalue weighted by Gasteiger charge is -2.07. The number of amides is 2. The Morgan fingerprint density at radius 2 is 1.50 bits per heavy atom. The van der Waals surface area contributed by atoms with E-state index in [0.29, 0.717) is 18.0 Å². The van der Waals surface area contributed by atoms with Gasteiger partial charge in [0, 0.05) is 18.0 Å². The number of hydrogen-bond acceptors (Lipinski definition) is 2. The van der Waals surface area contributed by atoms with Gasteiger partial charge in [0.25, 0.3) is 0 Å². The van der Waals surface area contributed by atoms with Crippen molar-refractivity contribution in [1.29, 1.82) is 0 Å². The third-order valence-electron chi connectivity index (χ3n) is 3.40. The molecule has 0 radical (unpaired) electrons.